The van der Waals surface area contributed by atoms with Gasteiger partial charge in [-0.2, -0.15) is 0 Å². The van der Waals surface area contributed by atoms with Gasteiger partial charge in [0.25, 0.3) is 11.8 Å². The van der Waals surface area contributed by atoms with Crippen LogP contribution in [0.1, 0.15) is 63.7 Å². The molecule has 0 saturated carbocycles. The first-order valence-corrected chi connectivity index (χ1v) is 13.7. The van der Waals surface area contributed by atoms with Crippen LogP contribution in [0, 0.1) is 0 Å². The molecule has 224 valence electrons. The number of fused-ring (bicyclic) bond motifs is 2. The van der Waals surface area contributed by atoms with Gasteiger partial charge < -0.3 is 30.1 Å². The molecule has 0 radical (unpaired) electrons. The van der Waals surface area contributed by atoms with Gasteiger partial charge in [0, 0.05) is 42.0 Å². The van der Waals surface area contributed by atoms with Crippen LogP contribution in [0.3, 0.4) is 0 Å². The number of rotatable bonds is 9. The van der Waals surface area contributed by atoms with Gasteiger partial charge in [0.1, 0.15) is 5.82 Å². The first-order valence-electron chi connectivity index (χ1n) is 13.3. The number of nitrogens with zero attached hydrogens (tertiary/aromatic N) is 2. The van der Waals surface area contributed by atoms with Crippen LogP contribution in [0.2, 0.25) is 5.02 Å². The Labute approximate surface area is 241 Å². The van der Waals surface area contributed by atoms with Crippen molar-refractivity contribution in [3.8, 4) is 11.5 Å². The summed E-state index contributed by atoms with van der Waals surface area (Å²) in [5.41, 5.74) is -2.14. The minimum atomic E-state index is -4.96. The summed E-state index contributed by atoms with van der Waals surface area (Å²) in [6.07, 6.45) is -0.323. The van der Waals surface area contributed by atoms with E-state index in [0.29, 0.717) is 18.4 Å². The van der Waals surface area contributed by atoms with E-state index in [1.807, 2.05) is 0 Å². The van der Waals surface area contributed by atoms with Crippen molar-refractivity contribution < 1.29 is 37.3 Å². The molecule has 9 nitrogen and oxygen atoms in total. The molecular weight excluding hydrogens is 565 g/mol. The number of aliphatic hydroxyl groups is 1. The van der Waals surface area contributed by atoms with Gasteiger partial charge in [-0.1, -0.05) is 11.6 Å². The van der Waals surface area contributed by atoms with Gasteiger partial charge in [-0.05, 0) is 77.6 Å². The number of hydrogen-bond donors (Lipinski definition) is 3. The van der Waals surface area contributed by atoms with E-state index < -0.39 is 29.2 Å². The molecule has 2 amide bonds. The van der Waals surface area contributed by atoms with Crippen LogP contribution in [0.15, 0.2) is 36.5 Å². The van der Waals surface area contributed by atoms with Gasteiger partial charge in [-0.15, -0.1) is 13.2 Å². The van der Waals surface area contributed by atoms with Crippen molar-refractivity contribution >= 4 is 29.2 Å². The summed E-state index contributed by atoms with van der Waals surface area (Å²) < 4.78 is 48.4. The van der Waals surface area contributed by atoms with Crippen molar-refractivity contribution in [1.29, 1.82) is 0 Å². The SMILES string of the molecule is CC(C)(O)CNC(=O)c1ccc(N2C3CCC2CC(NC(=O)C(C)(C)Oc2ccc(Cl)cc2OC(F)(F)F)C3)nc1. The van der Waals surface area contributed by atoms with Gasteiger partial charge in [0.05, 0.1) is 11.2 Å². The second-order valence-corrected chi connectivity index (χ2v) is 12.0. The van der Waals surface area contributed by atoms with Gasteiger partial charge in [0.15, 0.2) is 17.1 Å². The number of alkyl halides is 3. The standard InChI is InChI=1S/C28H34ClF3N4O5/c1-26(2,39)15-34-24(37)16-5-10-23(33-14-16)36-19-7-8-20(36)13-18(12-19)35-25(38)27(3,4)40-21-9-6-17(29)11-22(21)41-28(30,31)32/h5-6,9-11,14,18-20,39H,7-8,12-13,15H2,1-4H3,(H,34,37)(H,35,38). The maximum atomic E-state index is 13.2. The maximum absolute atomic E-state index is 13.2. The summed E-state index contributed by atoms with van der Waals surface area (Å²) in [7, 11) is 0. The molecule has 2 saturated heterocycles. The van der Waals surface area contributed by atoms with Crippen molar-refractivity contribution in [3.63, 3.8) is 0 Å². The fraction of sp³-hybridized carbons (Fsp3) is 0.536. The molecule has 13 heteroatoms. The summed E-state index contributed by atoms with van der Waals surface area (Å²) in [5.74, 6) is -0.945. The number of amides is 2. The fourth-order valence-electron chi connectivity index (χ4n) is 5.19. The lowest BCUT2D eigenvalue weighted by Crippen LogP contribution is -2.55. The number of aromatic nitrogens is 1. The number of halogens is 4. The Bertz CT molecular complexity index is 1250. The first-order chi connectivity index (χ1) is 19.0. The lowest BCUT2D eigenvalue weighted by molar-refractivity contribution is -0.275. The smallest absolute Gasteiger partial charge is 0.474 e. The van der Waals surface area contributed by atoms with Crippen molar-refractivity contribution in [2.24, 2.45) is 0 Å². The third-order valence-electron chi connectivity index (χ3n) is 7.07. The lowest BCUT2D eigenvalue weighted by atomic mass is 9.96. The van der Waals surface area contributed by atoms with Crippen LogP contribution in [-0.2, 0) is 4.79 Å². The Balaban J connectivity index is 1.37. The van der Waals surface area contributed by atoms with E-state index >= 15 is 0 Å². The highest BCUT2D eigenvalue weighted by Crippen LogP contribution is 2.39. The van der Waals surface area contributed by atoms with Gasteiger partial charge in [0.2, 0.25) is 0 Å². The Morgan fingerprint density at radius 2 is 1.71 bits per heavy atom. The minimum absolute atomic E-state index is 0.0271. The monoisotopic (exact) mass is 598 g/mol. The highest BCUT2D eigenvalue weighted by Gasteiger charge is 2.43. The molecule has 2 unspecified atom stereocenters. The molecule has 2 aliphatic rings. The number of benzene rings is 1. The highest BCUT2D eigenvalue weighted by atomic mass is 35.5. The predicted octanol–water partition coefficient (Wildman–Crippen LogP) is 4.61. The fourth-order valence-corrected chi connectivity index (χ4v) is 5.35. The van der Waals surface area contributed by atoms with Gasteiger partial charge in [-0.3, -0.25) is 9.59 Å². The normalized spacial score (nSPS) is 20.9. The van der Waals surface area contributed by atoms with Crippen LogP contribution in [0.4, 0.5) is 19.0 Å². The molecule has 1 aromatic carbocycles. The minimum Gasteiger partial charge on any atom is -0.474 e. The van der Waals surface area contributed by atoms with Crippen LogP contribution < -0.4 is 25.0 Å². The second-order valence-electron chi connectivity index (χ2n) is 11.6. The van der Waals surface area contributed by atoms with Crippen molar-refractivity contribution in [2.45, 2.75) is 89.1 Å². The van der Waals surface area contributed by atoms with Crippen LogP contribution in [0.5, 0.6) is 11.5 Å². The molecule has 2 aliphatic heterocycles. The number of carbonyl (C=O) groups excluding carboxylic acids is 2. The average Bonchev–Trinajstić information content (AvgIpc) is 3.12. The van der Waals surface area contributed by atoms with Gasteiger partial charge in [-0.25, -0.2) is 4.98 Å². The molecule has 4 rings (SSSR count). The largest absolute Gasteiger partial charge is 0.573 e. The molecule has 2 fully saturated rings. The van der Waals surface area contributed by atoms with Crippen LogP contribution >= 0.6 is 11.6 Å². The van der Waals surface area contributed by atoms with Crippen molar-refractivity contribution in [1.82, 2.24) is 15.6 Å². The summed E-state index contributed by atoms with van der Waals surface area (Å²) in [4.78, 5) is 32.3. The van der Waals surface area contributed by atoms with E-state index in [4.69, 9.17) is 16.3 Å². The highest BCUT2D eigenvalue weighted by molar-refractivity contribution is 6.30. The summed E-state index contributed by atoms with van der Waals surface area (Å²) in [6.45, 7) is 6.27. The Hall–Kier alpha value is -3.25. The lowest BCUT2D eigenvalue weighted by Gasteiger charge is -2.40. The van der Waals surface area contributed by atoms with E-state index in [1.165, 1.54) is 32.2 Å². The first kappa shape index (κ1) is 30.7. The number of carbonyl (C=O) groups is 2. The number of ether oxygens (including phenoxy) is 2. The maximum Gasteiger partial charge on any atom is 0.573 e. The van der Waals surface area contributed by atoms with E-state index in [1.54, 1.807) is 26.0 Å². The zero-order valence-corrected chi connectivity index (χ0v) is 24.0. The van der Waals surface area contributed by atoms with E-state index in [-0.39, 0.29) is 41.3 Å². The van der Waals surface area contributed by atoms with E-state index in [9.17, 15) is 27.9 Å². The topological polar surface area (TPSA) is 113 Å². The molecule has 3 N–H and O–H groups in total. The summed E-state index contributed by atoms with van der Waals surface area (Å²) in [5, 5.41) is 15.5. The Morgan fingerprint density at radius 1 is 1.05 bits per heavy atom. The average molecular weight is 599 g/mol. The second kappa shape index (κ2) is 11.6. The molecule has 2 aromatic rings. The van der Waals surface area contributed by atoms with Crippen molar-refractivity contribution in [3.05, 3.63) is 47.1 Å². The van der Waals surface area contributed by atoms with E-state index in [2.05, 4.69) is 25.3 Å². The number of nitrogens with one attached hydrogen (secondary N) is 2. The molecule has 2 bridgehead atoms. The molecule has 41 heavy (non-hydrogen) atoms. The molecule has 2 atom stereocenters. The number of pyridine rings is 1. The van der Waals surface area contributed by atoms with Crippen LogP contribution in [0.25, 0.3) is 0 Å². The molecule has 0 aliphatic carbocycles. The third kappa shape index (κ3) is 7.94. The molecular formula is C28H34ClF3N4O5. The molecule has 1 aromatic heterocycles. The Kier molecular flexibility index (Phi) is 8.65. The zero-order chi connectivity index (χ0) is 30.2. The predicted molar refractivity (Wildman–Crippen MR) is 146 cm³/mol. The van der Waals surface area contributed by atoms with Gasteiger partial charge >= 0.3 is 6.36 Å². The summed E-state index contributed by atoms with van der Waals surface area (Å²) in [6, 6.07) is 7.13. The molecule has 3 heterocycles. The molecule has 0 spiro atoms. The number of anilines is 1. The van der Waals surface area contributed by atoms with E-state index in [0.717, 1.165) is 24.7 Å². The van der Waals surface area contributed by atoms with Crippen molar-refractivity contribution in [2.75, 3.05) is 11.4 Å². The zero-order valence-electron chi connectivity index (χ0n) is 23.2. The number of hydrogen-bond acceptors (Lipinski definition) is 7. The third-order valence-corrected chi connectivity index (χ3v) is 7.30. The summed E-state index contributed by atoms with van der Waals surface area (Å²) >= 11 is 5.83. The Morgan fingerprint density at radius 3 is 2.27 bits per heavy atom. The van der Waals surface area contributed by atoms with Crippen LogP contribution in [-0.4, -0.2) is 64.1 Å². The quantitative estimate of drug-likeness (QED) is 0.386. The number of piperidine rings is 1.